The summed E-state index contributed by atoms with van der Waals surface area (Å²) in [4.78, 5) is 13.4. The third-order valence-corrected chi connectivity index (χ3v) is 4.67. The van der Waals surface area contributed by atoms with E-state index in [0.717, 1.165) is 5.56 Å². The number of hydrogen-bond donors (Lipinski definition) is 1. The molecule has 4 aromatic rings. The Morgan fingerprint density at radius 3 is 2.40 bits per heavy atom. The van der Waals surface area contributed by atoms with Crippen molar-refractivity contribution in [2.75, 3.05) is 18.5 Å². The van der Waals surface area contributed by atoms with Crippen molar-refractivity contribution in [1.82, 2.24) is 0 Å². The van der Waals surface area contributed by atoms with Crippen LogP contribution in [0.2, 0.25) is 0 Å². The summed E-state index contributed by atoms with van der Waals surface area (Å²) in [6.07, 6.45) is 0. The van der Waals surface area contributed by atoms with Crippen molar-refractivity contribution in [1.29, 1.82) is 0 Å². The normalized spacial score (nSPS) is 10.7. The Balaban J connectivity index is 1.83. The minimum Gasteiger partial charge on any atom is -0.494 e. The first-order chi connectivity index (χ1) is 14.7. The fraction of sp³-hybridized carbons (Fsp3) is 0.160. The van der Waals surface area contributed by atoms with Gasteiger partial charge in [0.25, 0.3) is 5.91 Å². The molecule has 3 aromatic carbocycles. The smallest absolute Gasteiger partial charge is 0.260 e. The summed E-state index contributed by atoms with van der Waals surface area (Å²) >= 11 is 0. The lowest BCUT2D eigenvalue weighted by Gasteiger charge is -2.11. The quantitative estimate of drug-likeness (QED) is 0.403. The molecule has 0 atom stereocenters. The summed E-state index contributed by atoms with van der Waals surface area (Å²) < 4.78 is 17.4. The van der Waals surface area contributed by atoms with Crippen LogP contribution >= 0.6 is 0 Å². The van der Waals surface area contributed by atoms with Crippen molar-refractivity contribution in [3.8, 4) is 22.8 Å². The number of benzene rings is 3. The zero-order valence-electron chi connectivity index (χ0n) is 17.0. The molecule has 1 N–H and O–H groups in total. The molecule has 5 heteroatoms. The van der Waals surface area contributed by atoms with Crippen LogP contribution in [0.15, 0.2) is 77.2 Å². The van der Waals surface area contributed by atoms with E-state index in [9.17, 15) is 4.79 Å². The van der Waals surface area contributed by atoms with Crippen LogP contribution in [0, 0.1) is 0 Å². The van der Waals surface area contributed by atoms with Crippen LogP contribution in [0.1, 0.15) is 24.2 Å². The number of furan rings is 1. The van der Waals surface area contributed by atoms with Crippen molar-refractivity contribution in [3.05, 3.63) is 78.4 Å². The maximum atomic E-state index is 13.4. The van der Waals surface area contributed by atoms with Crippen molar-refractivity contribution in [2.45, 2.75) is 13.8 Å². The number of amides is 1. The molecule has 0 aliphatic carbocycles. The maximum absolute atomic E-state index is 13.4. The molecule has 0 fully saturated rings. The van der Waals surface area contributed by atoms with Crippen LogP contribution in [-0.2, 0) is 0 Å². The van der Waals surface area contributed by atoms with Gasteiger partial charge >= 0.3 is 0 Å². The predicted molar refractivity (Wildman–Crippen MR) is 118 cm³/mol. The van der Waals surface area contributed by atoms with Gasteiger partial charge in [-0.15, -0.1) is 0 Å². The van der Waals surface area contributed by atoms with Gasteiger partial charge in [0.05, 0.1) is 24.5 Å². The van der Waals surface area contributed by atoms with E-state index in [0.29, 0.717) is 52.7 Å². The predicted octanol–water partition coefficient (Wildman–Crippen LogP) is 6.15. The summed E-state index contributed by atoms with van der Waals surface area (Å²) in [6, 6.07) is 22.5. The molecular weight excluding hydrogens is 378 g/mol. The van der Waals surface area contributed by atoms with Gasteiger partial charge in [-0.3, -0.25) is 4.79 Å². The second-order valence-corrected chi connectivity index (χ2v) is 6.65. The largest absolute Gasteiger partial charge is 0.494 e. The van der Waals surface area contributed by atoms with Gasteiger partial charge in [0, 0.05) is 10.9 Å². The van der Waals surface area contributed by atoms with Crippen LogP contribution < -0.4 is 14.8 Å². The molecular formula is C25H23NO4. The molecule has 0 aliphatic heterocycles. The summed E-state index contributed by atoms with van der Waals surface area (Å²) in [6.45, 7) is 4.88. The Morgan fingerprint density at radius 2 is 1.63 bits per heavy atom. The van der Waals surface area contributed by atoms with Crippen molar-refractivity contribution < 1.29 is 18.7 Å². The highest BCUT2D eigenvalue weighted by atomic mass is 16.5. The number of carbonyl (C=O) groups is 1. The number of fused-ring (bicyclic) bond motifs is 1. The second kappa shape index (κ2) is 8.74. The Bertz CT molecular complexity index is 1160. The molecule has 30 heavy (non-hydrogen) atoms. The van der Waals surface area contributed by atoms with Crippen LogP contribution in [0.4, 0.5) is 5.69 Å². The fourth-order valence-corrected chi connectivity index (χ4v) is 3.39. The number of rotatable bonds is 7. The monoisotopic (exact) mass is 401 g/mol. The topological polar surface area (TPSA) is 60.7 Å². The second-order valence-electron chi connectivity index (χ2n) is 6.65. The lowest BCUT2D eigenvalue weighted by atomic mass is 10.0. The molecule has 1 aromatic heterocycles. The Hall–Kier alpha value is -3.73. The third-order valence-electron chi connectivity index (χ3n) is 4.67. The molecule has 0 unspecified atom stereocenters. The number of ether oxygens (including phenoxy) is 2. The van der Waals surface area contributed by atoms with Gasteiger partial charge < -0.3 is 19.2 Å². The average molecular weight is 401 g/mol. The molecule has 0 radical (unpaired) electrons. The molecule has 152 valence electrons. The van der Waals surface area contributed by atoms with Gasteiger partial charge in [0.15, 0.2) is 0 Å². The third kappa shape index (κ3) is 3.87. The first kappa shape index (κ1) is 19.6. The Kier molecular flexibility index (Phi) is 5.70. The van der Waals surface area contributed by atoms with Crippen molar-refractivity contribution in [3.63, 3.8) is 0 Å². The average Bonchev–Trinajstić information content (AvgIpc) is 3.15. The molecule has 1 heterocycles. The molecule has 0 spiro atoms. The fourth-order valence-electron chi connectivity index (χ4n) is 3.39. The summed E-state index contributed by atoms with van der Waals surface area (Å²) in [5.74, 6) is 1.56. The SMILES string of the molecule is CCOc1ccc2oc(-c3ccccc3)c(C(=O)Nc3ccccc3OCC)c2c1. The zero-order valence-corrected chi connectivity index (χ0v) is 17.0. The van der Waals surface area contributed by atoms with Crippen molar-refractivity contribution >= 4 is 22.6 Å². The molecule has 0 saturated heterocycles. The van der Waals surface area contributed by atoms with Crippen LogP contribution in [0.5, 0.6) is 11.5 Å². The first-order valence-corrected chi connectivity index (χ1v) is 9.99. The number of para-hydroxylation sites is 2. The van der Waals surface area contributed by atoms with E-state index in [1.165, 1.54) is 0 Å². The van der Waals surface area contributed by atoms with Crippen LogP contribution in [0.25, 0.3) is 22.3 Å². The summed E-state index contributed by atoms with van der Waals surface area (Å²) in [5, 5.41) is 3.69. The van der Waals surface area contributed by atoms with E-state index in [2.05, 4.69) is 5.32 Å². The van der Waals surface area contributed by atoms with Gasteiger partial charge in [-0.2, -0.15) is 0 Å². The van der Waals surface area contributed by atoms with Gasteiger partial charge in [-0.1, -0.05) is 42.5 Å². The Labute approximate surface area is 175 Å². The standard InChI is InChI=1S/C25H23NO4/c1-3-28-18-14-15-21-19(16-18)23(24(30-21)17-10-6-5-7-11-17)25(27)26-20-12-8-9-13-22(20)29-4-2/h5-16H,3-4H2,1-2H3,(H,26,27). The number of anilines is 1. The lowest BCUT2D eigenvalue weighted by Crippen LogP contribution is -2.13. The molecule has 0 bridgehead atoms. The molecule has 4 rings (SSSR count). The van der Waals surface area contributed by atoms with Crippen LogP contribution in [-0.4, -0.2) is 19.1 Å². The van der Waals surface area contributed by atoms with Gasteiger partial charge in [-0.25, -0.2) is 0 Å². The number of hydrogen-bond acceptors (Lipinski definition) is 4. The van der Waals surface area contributed by atoms with E-state index in [1.54, 1.807) is 0 Å². The molecule has 0 aliphatic rings. The molecule has 0 saturated carbocycles. The first-order valence-electron chi connectivity index (χ1n) is 9.99. The highest BCUT2D eigenvalue weighted by Crippen LogP contribution is 2.36. The Morgan fingerprint density at radius 1 is 0.900 bits per heavy atom. The van der Waals surface area contributed by atoms with Gasteiger partial charge in [0.2, 0.25) is 0 Å². The molecule has 1 amide bonds. The van der Waals surface area contributed by atoms with Crippen molar-refractivity contribution in [2.24, 2.45) is 0 Å². The van der Waals surface area contributed by atoms with E-state index in [4.69, 9.17) is 13.9 Å². The highest BCUT2D eigenvalue weighted by molar-refractivity contribution is 6.17. The summed E-state index contributed by atoms with van der Waals surface area (Å²) in [7, 11) is 0. The lowest BCUT2D eigenvalue weighted by molar-refractivity contribution is 0.102. The minimum atomic E-state index is -0.270. The highest BCUT2D eigenvalue weighted by Gasteiger charge is 2.23. The number of nitrogens with one attached hydrogen (secondary N) is 1. The zero-order chi connectivity index (χ0) is 20.9. The van der Waals surface area contributed by atoms with E-state index in [1.807, 2.05) is 86.6 Å². The van der Waals surface area contributed by atoms with E-state index in [-0.39, 0.29) is 5.91 Å². The van der Waals surface area contributed by atoms with E-state index < -0.39 is 0 Å². The summed E-state index contributed by atoms with van der Waals surface area (Å²) in [5.41, 5.74) is 2.53. The minimum absolute atomic E-state index is 0.270. The van der Waals surface area contributed by atoms with Crippen LogP contribution in [0.3, 0.4) is 0 Å². The number of carbonyl (C=O) groups excluding carboxylic acids is 1. The van der Waals surface area contributed by atoms with Gasteiger partial charge in [-0.05, 0) is 44.2 Å². The van der Waals surface area contributed by atoms with E-state index >= 15 is 0 Å². The maximum Gasteiger partial charge on any atom is 0.260 e. The van der Waals surface area contributed by atoms with Gasteiger partial charge in [0.1, 0.15) is 22.8 Å². The molecule has 5 nitrogen and oxygen atoms in total.